The molecule has 2 aromatic heterocycles. The SMILES string of the molecule is CCNc1cc(COC)nc(-c2cn(C)nc2CC)n1. The summed E-state index contributed by atoms with van der Waals surface area (Å²) < 4.78 is 6.97. The maximum absolute atomic E-state index is 5.17. The molecule has 0 amide bonds. The zero-order chi connectivity index (χ0) is 14.5. The lowest BCUT2D eigenvalue weighted by Crippen LogP contribution is -2.05. The minimum Gasteiger partial charge on any atom is -0.378 e. The van der Waals surface area contributed by atoms with Crippen molar-refractivity contribution < 1.29 is 4.74 Å². The van der Waals surface area contributed by atoms with Crippen molar-refractivity contribution in [2.24, 2.45) is 7.05 Å². The molecule has 6 heteroatoms. The number of anilines is 1. The van der Waals surface area contributed by atoms with Gasteiger partial charge in [-0.2, -0.15) is 5.10 Å². The van der Waals surface area contributed by atoms with Crippen molar-refractivity contribution in [2.75, 3.05) is 19.0 Å². The van der Waals surface area contributed by atoms with Gasteiger partial charge in [0.2, 0.25) is 0 Å². The van der Waals surface area contributed by atoms with E-state index in [9.17, 15) is 0 Å². The van der Waals surface area contributed by atoms with Crippen LogP contribution in [0.15, 0.2) is 12.3 Å². The van der Waals surface area contributed by atoms with Crippen LogP contribution in [-0.2, 0) is 24.8 Å². The fraction of sp³-hybridized carbons (Fsp3) is 0.500. The van der Waals surface area contributed by atoms with Crippen LogP contribution in [0, 0.1) is 0 Å². The van der Waals surface area contributed by atoms with Gasteiger partial charge in [0, 0.05) is 33.0 Å². The molecular weight excluding hydrogens is 254 g/mol. The van der Waals surface area contributed by atoms with Gasteiger partial charge in [-0.05, 0) is 13.3 Å². The molecule has 0 saturated carbocycles. The van der Waals surface area contributed by atoms with Crippen molar-refractivity contribution in [2.45, 2.75) is 26.9 Å². The fourth-order valence-corrected chi connectivity index (χ4v) is 2.09. The van der Waals surface area contributed by atoms with Gasteiger partial charge < -0.3 is 10.1 Å². The van der Waals surface area contributed by atoms with E-state index in [1.807, 2.05) is 26.2 Å². The van der Waals surface area contributed by atoms with Crippen LogP contribution >= 0.6 is 0 Å². The van der Waals surface area contributed by atoms with Gasteiger partial charge in [0.15, 0.2) is 5.82 Å². The molecule has 0 bridgehead atoms. The van der Waals surface area contributed by atoms with Crippen LogP contribution in [0.1, 0.15) is 25.2 Å². The maximum atomic E-state index is 5.17. The molecule has 0 saturated heterocycles. The molecule has 0 aliphatic carbocycles. The van der Waals surface area contributed by atoms with Crippen molar-refractivity contribution in [1.82, 2.24) is 19.7 Å². The van der Waals surface area contributed by atoms with Crippen molar-refractivity contribution in [3.63, 3.8) is 0 Å². The highest BCUT2D eigenvalue weighted by Gasteiger charge is 2.13. The first-order chi connectivity index (χ1) is 9.67. The van der Waals surface area contributed by atoms with E-state index in [-0.39, 0.29) is 0 Å². The molecule has 2 heterocycles. The Balaban J connectivity index is 2.48. The second-order valence-corrected chi connectivity index (χ2v) is 4.55. The van der Waals surface area contributed by atoms with E-state index in [1.165, 1.54) is 0 Å². The van der Waals surface area contributed by atoms with Crippen molar-refractivity contribution in [3.05, 3.63) is 23.7 Å². The summed E-state index contributed by atoms with van der Waals surface area (Å²) in [7, 11) is 3.57. The topological polar surface area (TPSA) is 64.9 Å². The minimum absolute atomic E-state index is 0.468. The molecule has 0 spiro atoms. The Bertz CT molecular complexity index is 555. The normalized spacial score (nSPS) is 10.8. The molecule has 1 N–H and O–H groups in total. The predicted octanol–water partition coefficient (Wildman–Crippen LogP) is 2.02. The summed E-state index contributed by atoms with van der Waals surface area (Å²) in [5, 5.41) is 7.67. The fourth-order valence-electron chi connectivity index (χ4n) is 2.09. The number of hydrogen-bond donors (Lipinski definition) is 1. The van der Waals surface area contributed by atoms with Crippen LogP contribution in [0.2, 0.25) is 0 Å². The van der Waals surface area contributed by atoms with Gasteiger partial charge >= 0.3 is 0 Å². The van der Waals surface area contributed by atoms with E-state index in [0.717, 1.165) is 35.7 Å². The summed E-state index contributed by atoms with van der Waals surface area (Å²) in [4.78, 5) is 9.13. The Hall–Kier alpha value is -1.95. The van der Waals surface area contributed by atoms with E-state index < -0.39 is 0 Å². The van der Waals surface area contributed by atoms with Crippen LogP contribution in [-0.4, -0.2) is 33.4 Å². The van der Waals surface area contributed by atoms with Crippen LogP contribution in [0.5, 0.6) is 0 Å². The quantitative estimate of drug-likeness (QED) is 0.873. The highest BCUT2D eigenvalue weighted by atomic mass is 16.5. The van der Waals surface area contributed by atoms with E-state index in [0.29, 0.717) is 12.4 Å². The third-order valence-electron chi connectivity index (χ3n) is 2.91. The Kier molecular flexibility index (Phi) is 4.68. The summed E-state index contributed by atoms with van der Waals surface area (Å²) in [5.41, 5.74) is 2.84. The van der Waals surface area contributed by atoms with Crippen molar-refractivity contribution >= 4 is 5.82 Å². The Morgan fingerprint density at radius 1 is 1.30 bits per heavy atom. The minimum atomic E-state index is 0.468. The van der Waals surface area contributed by atoms with Crippen molar-refractivity contribution in [3.8, 4) is 11.4 Å². The van der Waals surface area contributed by atoms with Gasteiger partial charge in [-0.15, -0.1) is 0 Å². The molecule has 0 fully saturated rings. The van der Waals surface area contributed by atoms with E-state index in [1.54, 1.807) is 11.8 Å². The molecule has 0 aliphatic rings. The van der Waals surface area contributed by atoms with Crippen LogP contribution in [0.3, 0.4) is 0 Å². The average molecular weight is 275 g/mol. The molecule has 2 aromatic rings. The molecule has 20 heavy (non-hydrogen) atoms. The standard InChI is InChI=1S/C14H21N5O/c1-5-12-11(8-19(3)18-12)14-16-10(9-20-4)7-13(17-14)15-6-2/h7-8H,5-6,9H2,1-4H3,(H,15,16,17). The first-order valence-electron chi connectivity index (χ1n) is 6.81. The van der Waals surface area contributed by atoms with Gasteiger partial charge in [0.1, 0.15) is 5.82 Å². The summed E-state index contributed by atoms with van der Waals surface area (Å²) in [5.74, 6) is 1.51. The summed E-state index contributed by atoms with van der Waals surface area (Å²) >= 11 is 0. The van der Waals surface area contributed by atoms with Gasteiger partial charge in [0.05, 0.1) is 23.6 Å². The molecule has 6 nitrogen and oxygen atoms in total. The van der Waals surface area contributed by atoms with Gasteiger partial charge in [0.25, 0.3) is 0 Å². The number of nitrogens with zero attached hydrogens (tertiary/aromatic N) is 4. The first kappa shape index (κ1) is 14.5. The highest BCUT2D eigenvalue weighted by molar-refractivity contribution is 5.59. The van der Waals surface area contributed by atoms with Gasteiger partial charge in [-0.25, -0.2) is 9.97 Å². The maximum Gasteiger partial charge on any atom is 0.165 e. The first-order valence-corrected chi connectivity index (χ1v) is 6.81. The lowest BCUT2D eigenvalue weighted by molar-refractivity contribution is 0.181. The van der Waals surface area contributed by atoms with Gasteiger partial charge in [-0.3, -0.25) is 4.68 Å². The monoisotopic (exact) mass is 275 g/mol. The third kappa shape index (κ3) is 3.14. The van der Waals surface area contributed by atoms with Crippen molar-refractivity contribution in [1.29, 1.82) is 0 Å². The number of ether oxygens (including phenoxy) is 1. The average Bonchev–Trinajstić information content (AvgIpc) is 2.80. The largest absolute Gasteiger partial charge is 0.378 e. The number of aromatic nitrogens is 4. The number of nitrogens with one attached hydrogen (secondary N) is 1. The van der Waals surface area contributed by atoms with E-state index in [2.05, 4.69) is 27.3 Å². The second-order valence-electron chi connectivity index (χ2n) is 4.55. The molecule has 0 radical (unpaired) electrons. The smallest absolute Gasteiger partial charge is 0.165 e. The Morgan fingerprint density at radius 3 is 2.75 bits per heavy atom. The zero-order valence-electron chi connectivity index (χ0n) is 12.5. The van der Waals surface area contributed by atoms with E-state index in [4.69, 9.17) is 4.74 Å². The molecule has 0 aromatic carbocycles. The number of methoxy groups -OCH3 is 1. The third-order valence-corrected chi connectivity index (χ3v) is 2.91. The summed E-state index contributed by atoms with van der Waals surface area (Å²) in [6, 6.07) is 1.92. The van der Waals surface area contributed by atoms with E-state index >= 15 is 0 Å². The lowest BCUT2D eigenvalue weighted by Gasteiger charge is -2.08. The van der Waals surface area contributed by atoms with Crippen LogP contribution in [0.25, 0.3) is 11.4 Å². The highest BCUT2D eigenvalue weighted by Crippen LogP contribution is 2.22. The Morgan fingerprint density at radius 2 is 2.10 bits per heavy atom. The molecule has 0 aliphatic heterocycles. The van der Waals surface area contributed by atoms with Gasteiger partial charge in [-0.1, -0.05) is 6.92 Å². The number of rotatable bonds is 6. The zero-order valence-corrected chi connectivity index (χ0v) is 12.5. The predicted molar refractivity (Wildman–Crippen MR) is 78.5 cm³/mol. The molecule has 0 unspecified atom stereocenters. The van der Waals surface area contributed by atoms with Crippen LogP contribution in [0.4, 0.5) is 5.82 Å². The summed E-state index contributed by atoms with van der Waals surface area (Å²) in [6.07, 6.45) is 2.81. The molecule has 108 valence electrons. The second kappa shape index (κ2) is 6.47. The summed E-state index contributed by atoms with van der Waals surface area (Å²) in [6.45, 7) is 5.40. The number of aryl methyl sites for hydroxylation is 2. The lowest BCUT2D eigenvalue weighted by atomic mass is 10.2. The number of hydrogen-bond acceptors (Lipinski definition) is 5. The Labute approximate surface area is 119 Å². The molecule has 0 atom stereocenters. The van der Waals surface area contributed by atoms with Crippen LogP contribution < -0.4 is 5.32 Å². The molecular formula is C14H21N5O. The molecule has 2 rings (SSSR count).